The normalized spacial score (nSPS) is 10.4. The molecule has 4 heteroatoms. The fraction of sp³-hybridized carbons (Fsp3) is 0.312. The fourth-order valence-corrected chi connectivity index (χ4v) is 2.12. The third-order valence-corrected chi connectivity index (χ3v) is 3.13. The highest BCUT2D eigenvalue weighted by molar-refractivity contribution is 5.88. The maximum Gasteiger partial charge on any atom is 0.312 e. The highest BCUT2D eigenvalue weighted by Gasteiger charge is 2.00. The van der Waals surface area contributed by atoms with Crippen molar-refractivity contribution in [1.82, 2.24) is 5.32 Å². The van der Waals surface area contributed by atoms with Crippen LogP contribution in [0.15, 0.2) is 42.5 Å². The number of hydrogen-bond donors (Lipinski definition) is 2. The summed E-state index contributed by atoms with van der Waals surface area (Å²) in [5, 5.41) is 4.91. The van der Waals surface area contributed by atoms with Crippen molar-refractivity contribution in [2.75, 3.05) is 13.2 Å². The van der Waals surface area contributed by atoms with Crippen molar-refractivity contribution in [2.24, 2.45) is 5.73 Å². The number of fused-ring (bicyclic) bond motifs is 1. The number of carbonyl (C=O) groups is 1. The standard InChI is InChI=1S/C16H20N2O2/c17-16(19)18-11-4-1-5-12-20-15-10-6-8-13-7-2-3-9-14(13)15/h2-3,6-10H,1,4-5,11-12H2,(H3,17,18,19). The molecule has 20 heavy (non-hydrogen) atoms. The highest BCUT2D eigenvalue weighted by atomic mass is 16.5. The average Bonchev–Trinajstić information content (AvgIpc) is 2.46. The smallest absolute Gasteiger partial charge is 0.312 e. The number of carbonyl (C=O) groups excluding carboxylic acids is 1. The number of ether oxygens (including phenoxy) is 1. The Morgan fingerprint density at radius 2 is 1.85 bits per heavy atom. The Morgan fingerprint density at radius 3 is 2.70 bits per heavy atom. The topological polar surface area (TPSA) is 64.4 Å². The lowest BCUT2D eigenvalue weighted by Crippen LogP contribution is -2.30. The predicted molar refractivity (Wildman–Crippen MR) is 80.9 cm³/mol. The first-order chi connectivity index (χ1) is 9.77. The third kappa shape index (κ3) is 4.16. The summed E-state index contributed by atoms with van der Waals surface area (Å²) in [5.74, 6) is 0.929. The Bertz CT molecular complexity index is 564. The molecule has 0 spiro atoms. The van der Waals surface area contributed by atoms with Crippen molar-refractivity contribution < 1.29 is 9.53 Å². The molecule has 0 saturated heterocycles. The molecule has 0 aliphatic heterocycles. The van der Waals surface area contributed by atoms with Gasteiger partial charge in [0, 0.05) is 11.9 Å². The SMILES string of the molecule is NC(=O)NCCCCCOc1cccc2ccccc12. The molecule has 0 fully saturated rings. The minimum atomic E-state index is -0.461. The zero-order valence-electron chi connectivity index (χ0n) is 11.5. The Morgan fingerprint density at radius 1 is 1.05 bits per heavy atom. The van der Waals surface area contributed by atoms with E-state index < -0.39 is 6.03 Å². The minimum absolute atomic E-state index is 0.461. The Labute approximate surface area is 118 Å². The molecule has 3 N–H and O–H groups in total. The first-order valence-corrected chi connectivity index (χ1v) is 6.91. The van der Waals surface area contributed by atoms with Gasteiger partial charge in [-0.15, -0.1) is 0 Å². The van der Waals surface area contributed by atoms with Crippen molar-refractivity contribution in [2.45, 2.75) is 19.3 Å². The van der Waals surface area contributed by atoms with E-state index in [1.165, 1.54) is 5.39 Å². The molecule has 0 unspecified atom stereocenters. The lowest BCUT2D eigenvalue weighted by molar-refractivity contribution is 0.248. The van der Waals surface area contributed by atoms with Crippen LogP contribution in [0.4, 0.5) is 4.79 Å². The molecular formula is C16H20N2O2. The monoisotopic (exact) mass is 272 g/mol. The number of rotatable bonds is 7. The van der Waals surface area contributed by atoms with Crippen molar-refractivity contribution in [3.05, 3.63) is 42.5 Å². The number of nitrogens with one attached hydrogen (secondary N) is 1. The second kappa shape index (κ2) is 7.38. The van der Waals surface area contributed by atoms with E-state index in [4.69, 9.17) is 10.5 Å². The molecule has 0 radical (unpaired) electrons. The van der Waals surface area contributed by atoms with Crippen molar-refractivity contribution in [3.8, 4) is 5.75 Å². The number of amides is 2. The van der Waals surface area contributed by atoms with Gasteiger partial charge in [0.2, 0.25) is 0 Å². The van der Waals surface area contributed by atoms with Crippen LogP contribution < -0.4 is 15.8 Å². The molecule has 2 aromatic carbocycles. The summed E-state index contributed by atoms with van der Waals surface area (Å²) >= 11 is 0. The average molecular weight is 272 g/mol. The first kappa shape index (κ1) is 14.2. The Hall–Kier alpha value is -2.23. The number of hydrogen-bond acceptors (Lipinski definition) is 2. The van der Waals surface area contributed by atoms with Crippen LogP contribution in [0.3, 0.4) is 0 Å². The van der Waals surface area contributed by atoms with Crippen LogP contribution >= 0.6 is 0 Å². The number of primary amides is 1. The quantitative estimate of drug-likeness (QED) is 0.761. The van der Waals surface area contributed by atoms with E-state index in [0.717, 1.165) is 30.4 Å². The molecule has 2 aromatic rings. The lowest BCUT2D eigenvalue weighted by atomic mass is 10.1. The van der Waals surface area contributed by atoms with Crippen molar-refractivity contribution >= 4 is 16.8 Å². The molecule has 106 valence electrons. The van der Waals surface area contributed by atoms with Crippen molar-refractivity contribution in [3.63, 3.8) is 0 Å². The molecule has 4 nitrogen and oxygen atoms in total. The Kier molecular flexibility index (Phi) is 5.24. The van der Waals surface area contributed by atoms with Gasteiger partial charge >= 0.3 is 6.03 Å². The summed E-state index contributed by atoms with van der Waals surface area (Å²) in [5.41, 5.74) is 4.99. The molecule has 0 aromatic heterocycles. The van der Waals surface area contributed by atoms with Crippen LogP contribution in [-0.4, -0.2) is 19.2 Å². The van der Waals surface area contributed by atoms with Gasteiger partial charge in [0.05, 0.1) is 6.61 Å². The molecule has 0 atom stereocenters. The van der Waals surface area contributed by atoms with Gasteiger partial charge in [-0.3, -0.25) is 0 Å². The number of unbranched alkanes of at least 4 members (excludes halogenated alkanes) is 2. The van der Waals surface area contributed by atoms with Gasteiger partial charge in [-0.1, -0.05) is 36.4 Å². The molecule has 2 amide bonds. The summed E-state index contributed by atoms with van der Waals surface area (Å²) in [6.07, 6.45) is 2.89. The Balaban J connectivity index is 1.75. The van der Waals surface area contributed by atoms with Crippen LogP contribution in [0.5, 0.6) is 5.75 Å². The summed E-state index contributed by atoms with van der Waals surface area (Å²) in [6, 6.07) is 13.8. The van der Waals surface area contributed by atoms with E-state index in [0.29, 0.717) is 13.2 Å². The summed E-state index contributed by atoms with van der Waals surface area (Å²) in [7, 11) is 0. The van der Waals surface area contributed by atoms with Crippen LogP contribution in [-0.2, 0) is 0 Å². The van der Waals surface area contributed by atoms with Crippen LogP contribution in [0.1, 0.15) is 19.3 Å². The molecule has 0 aliphatic carbocycles. The number of nitrogens with two attached hydrogens (primary N) is 1. The van der Waals surface area contributed by atoms with Crippen molar-refractivity contribution in [1.29, 1.82) is 0 Å². The van der Waals surface area contributed by atoms with Crippen LogP contribution in [0.2, 0.25) is 0 Å². The van der Waals surface area contributed by atoms with Gasteiger partial charge in [-0.25, -0.2) is 4.79 Å². The molecule has 0 aliphatic rings. The molecule has 0 bridgehead atoms. The fourth-order valence-electron chi connectivity index (χ4n) is 2.12. The van der Waals surface area contributed by atoms with E-state index in [9.17, 15) is 4.79 Å². The van der Waals surface area contributed by atoms with E-state index in [1.807, 2.05) is 24.3 Å². The second-order valence-corrected chi connectivity index (χ2v) is 4.68. The summed E-state index contributed by atoms with van der Waals surface area (Å²) in [4.78, 5) is 10.5. The number of benzene rings is 2. The van der Waals surface area contributed by atoms with E-state index in [1.54, 1.807) is 0 Å². The number of urea groups is 1. The van der Waals surface area contributed by atoms with Crippen LogP contribution in [0.25, 0.3) is 10.8 Å². The van der Waals surface area contributed by atoms with Gasteiger partial charge in [-0.2, -0.15) is 0 Å². The third-order valence-electron chi connectivity index (χ3n) is 3.13. The van der Waals surface area contributed by atoms with Gasteiger partial charge in [-0.05, 0) is 30.7 Å². The maximum absolute atomic E-state index is 10.5. The zero-order chi connectivity index (χ0) is 14.2. The molecule has 2 rings (SSSR count). The summed E-state index contributed by atoms with van der Waals surface area (Å²) < 4.78 is 5.83. The van der Waals surface area contributed by atoms with E-state index in [2.05, 4.69) is 23.5 Å². The van der Waals surface area contributed by atoms with Crippen LogP contribution in [0, 0.1) is 0 Å². The molecular weight excluding hydrogens is 252 g/mol. The van der Waals surface area contributed by atoms with Gasteiger partial charge in [0.15, 0.2) is 0 Å². The second-order valence-electron chi connectivity index (χ2n) is 4.68. The molecule has 0 heterocycles. The highest BCUT2D eigenvalue weighted by Crippen LogP contribution is 2.25. The lowest BCUT2D eigenvalue weighted by Gasteiger charge is -2.09. The largest absolute Gasteiger partial charge is 0.493 e. The predicted octanol–water partition coefficient (Wildman–Crippen LogP) is 3.06. The van der Waals surface area contributed by atoms with E-state index in [-0.39, 0.29) is 0 Å². The zero-order valence-corrected chi connectivity index (χ0v) is 11.5. The maximum atomic E-state index is 10.5. The van der Waals surface area contributed by atoms with Gasteiger partial charge in [0.1, 0.15) is 5.75 Å². The summed E-state index contributed by atoms with van der Waals surface area (Å²) in [6.45, 7) is 1.31. The molecule has 0 saturated carbocycles. The minimum Gasteiger partial charge on any atom is -0.493 e. The van der Waals surface area contributed by atoms with Gasteiger partial charge in [0.25, 0.3) is 0 Å². The van der Waals surface area contributed by atoms with E-state index >= 15 is 0 Å². The first-order valence-electron chi connectivity index (χ1n) is 6.91. The van der Waals surface area contributed by atoms with Gasteiger partial charge < -0.3 is 15.8 Å².